The van der Waals surface area contributed by atoms with Crippen molar-refractivity contribution in [2.45, 2.75) is 38.1 Å². The van der Waals surface area contributed by atoms with Gasteiger partial charge in [0.2, 0.25) is 0 Å². The highest BCUT2D eigenvalue weighted by Crippen LogP contribution is 2.21. The van der Waals surface area contributed by atoms with Gasteiger partial charge in [0, 0.05) is 36.4 Å². The molecule has 0 atom stereocenters. The van der Waals surface area contributed by atoms with Crippen molar-refractivity contribution >= 4 is 21.6 Å². The maximum absolute atomic E-state index is 12.9. The van der Waals surface area contributed by atoms with Gasteiger partial charge >= 0.3 is 0 Å². The molecule has 8 heteroatoms. The summed E-state index contributed by atoms with van der Waals surface area (Å²) in [5.41, 5.74) is 2.35. The molecule has 2 aromatic rings. The number of ether oxygens (including phenoxy) is 1. The molecule has 0 spiro atoms. The average molecular weight is 446 g/mol. The Morgan fingerprint density at radius 2 is 1.71 bits per heavy atom. The zero-order valence-corrected chi connectivity index (χ0v) is 19.4. The summed E-state index contributed by atoms with van der Waals surface area (Å²) in [6, 6.07) is 11.7. The summed E-state index contributed by atoms with van der Waals surface area (Å²) in [6.07, 6.45) is 0. The number of morpholine rings is 1. The van der Waals surface area contributed by atoms with Crippen molar-refractivity contribution in [1.82, 2.24) is 10.2 Å². The van der Waals surface area contributed by atoms with Crippen molar-refractivity contribution in [3.8, 4) is 0 Å². The van der Waals surface area contributed by atoms with Crippen molar-refractivity contribution in [1.29, 1.82) is 0 Å². The zero-order chi connectivity index (χ0) is 22.6. The first kappa shape index (κ1) is 23.2. The highest BCUT2D eigenvalue weighted by Gasteiger charge is 2.29. The van der Waals surface area contributed by atoms with Gasteiger partial charge in [-0.2, -0.15) is 0 Å². The maximum atomic E-state index is 12.9. The molecule has 0 radical (unpaired) electrons. The lowest BCUT2D eigenvalue weighted by Crippen LogP contribution is -2.55. The molecule has 0 aromatic heterocycles. The third kappa shape index (κ3) is 5.84. The fourth-order valence-electron chi connectivity index (χ4n) is 3.52. The molecule has 31 heavy (non-hydrogen) atoms. The van der Waals surface area contributed by atoms with E-state index < -0.39 is 10.0 Å². The molecule has 7 nitrogen and oxygen atoms in total. The number of carbonyl (C=O) groups excluding carboxylic acids is 1. The molecule has 1 heterocycles. The molecule has 0 aliphatic carbocycles. The van der Waals surface area contributed by atoms with Gasteiger partial charge in [0.05, 0.1) is 18.1 Å². The molecule has 2 N–H and O–H groups in total. The smallest absolute Gasteiger partial charge is 0.261 e. The molecule has 0 bridgehead atoms. The largest absolute Gasteiger partial charge is 0.379 e. The fraction of sp³-hybridized carbons (Fsp3) is 0.435. The predicted octanol–water partition coefficient (Wildman–Crippen LogP) is 2.94. The molecule has 1 aliphatic heterocycles. The molecule has 1 fully saturated rings. The first-order valence-corrected chi connectivity index (χ1v) is 11.9. The number of anilines is 1. The SMILES string of the molecule is Cc1ccc(NS(=O)(=O)c2ccc(C)c(C(=O)NCC(C)(C)N3CCOCC3)c2)cc1. The Hall–Kier alpha value is -2.42. The van der Waals surface area contributed by atoms with Gasteiger partial charge in [0.1, 0.15) is 0 Å². The van der Waals surface area contributed by atoms with Crippen molar-refractivity contribution in [2.24, 2.45) is 0 Å². The molecule has 3 rings (SSSR count). The molecule has 1 saturated heterocycles. The Kier molecular flexibility index (Phi) is 7.03. The van der Waals surface area contributed by atoms with Gasteiger partial charge in [-0.3, -0.25) is 14.4 Å². The summed E-state index contributed by atoms with van der Waals surface area (Å²) in [4.78, 5) is 15.2. The van der Waals surface area contributed by atoms with E-state index in [4.69, 9.17) is 4.74 Å². The van der Waals surface area contributed by atoms with Crippen LogP contribution in [0.3, 0.4) is 0 Å². The second-order valence-electron chi connectivity index (χ2n) is 8.54. The number of nitrogens with zero attached hydrogens (tertiary/aromatic N) is 1. The van der Waals surface area contributed by atoms with Crippen molar-refractivity contribution in [2.75, 3.05) is 37.6 Å². The molecule has 0 saturated carbocycles. The fourth-order valence-corrected chi connectivity index (χ4v) is 4.61. The van der Waals surface area contributed by atoms with Crippen LogP contribution in [0.5, 0.6) is 0 Å². The first-order valence-electron chi connectivity index (χ1n) is 10.4. The van der Waals surface area contributed by atoms with E-state index in [1.165, 1.54) is 12.1 Å². The Balaban J connectivity index is 1.73. The minimum atomic E-state index is -3.81. The lowest BCUT2D eigenvalue weighted by Gasteiger charge is -2.40. The molecular formula is C23H31N3O4S. The van der Waals surface area contributed by atoms with Crippen LogP contribution < -0.4 is 10.0 Å². The number of amides is 1. The van der Waals surface area contributed by atoms with Crippen LogP contribution in [0.1, 0.15) is 35.3 Å². The number of rotatable bonds is 7. The number of sulfonamides is 1. The van der Waals surface area contributed by atoms with Crippen LogP contribution in [0.4, 0.5) is 5.69 Å². The second kappa shape index (κ2) is 9.38. The van der Waals surface area contributed by atoms with E-state index in [-0.39, 0.29) is 16.3 Å². The number of aryl methyl sites for hydroxylation is 2. The molecule has 0 unspecified atom stereocenters. The summed E-state index contributed by atoms with van der Waals surface area (Å²) in [5, 5.41) is 2.98. The maximum Gasteiger partial charge on any atom is 0.261 e. The van der Waals surface area contributed by atoms with E-state index in [1.54, 1.807) is 25.1 Å². The second-order valence-corrected chi connectivity index (χ2v) is 10.2. The van der Waals surface area contributed by atoms with Crippen molar-refractivity contribution in [3.05, 3.63) is 59.2 Å². The summed E-state index contributed by atoms with van der Waals surface area (Å²) in [5.74, 6) is -0.286. The molecule has 168 valence electrons. The van der Waals surface area contributed by atoms with E-state index in [0.29, 0.717) is 31.0 Å². The Labute approximate surface area is 184 Å². The van der Waals surface area contributed by atoms with E-state index in [9.17, 15) is 13.2 Å². The Morgan fingerprint density at radius 1 is 1.06 bits per heavy atom. The quantitative estimate of drug-likeness (QED) is 0.684. The van der Waals surface area contributed by atoms with Crippen LogP contribution in [0.15, 0.2) is 47.4 Å². The van der Waals surface area contributed by atoms with Crippen molar-refractivity contribution in [3.63, 3.8) is 0 Å². The molecule has 1 amide bonds. The van der Waals surface area contributed by atoms with Crippen LogP contribution in [0, 0.1) is 13.8 Å². The van der Waals surface area contributed by atoms with E-state index >= 15 is 0 Å². The van der Waals surface area contributed by atoms with E-state index in [2.05, 4.69) is 28.8 Å². The summed E-state index contributed by atoms with van der Waals surface area (Å²) in [6.45, 7) is 11.4. The van der Waals surface area contributed by atoms with Crippen molar-refractivity contribution < 1.29 is 17.9 Å². The monoisotopic (exact) mass is 445 g/mol. The summed E-state index contributed by atoms with van der Waals surface area (Å²) < 4.78 is 33.6. The Bertz CT molecular complexity index is 1030. The average Bonchev–Trinajstić information content (AvgIpc) is 2.74. The summed E-state index contributed by atoms with van der Waals surface area (Å²) >= 11 is 0. The van der Waals surface area contributed by atoms with Gasteiger partial charge in [-0.05, 0) is 57.5 Å². The number of hydrogen-bond acceptors (Lipinski definition) is 5. The van der Waals surface area contributed by atoms with E-state index in [0.717, 1.165) is 24.2 Å². The number of nitrogens with one attached hydrogen (secondary N) is 2. The van der Waals surface area contributed by atoms with Gasteiger partial charge < -0.3 is 10.1 Å². The number of hydrogen-bond donors (Lipinski definition) is 2. The third-order valence-corrected chi connectivity index (χ3v) is 7.00. The van der Waals surface area contributed by atoms with Gasteiger partial charge in [-0.1, -0.05) is 23.8 Å². The molecular weight excluding hydrogens is 414 g/mol. The molecule has 2 aromatic carbocycles. The lowest BCUT2D eigenvalue weighted by molar-refractivity contribution is -0.00923. The van der Waals surface area contributed by atoms with Crippen LogP contribution in [0.25, 0.3) is 0 Å². The molecule has 1 aliphatic rings. The minimum Gasteiger partial charge on any atom is -0.379 e. The van der Waals surface area contributed by atoms with Crippen LogP contribution in [0.2, 0.25) is 0 Å². The van der Waals surface area contributed by atoms with Gasteiger partial charge in [-0.15, -0.1) is 0 Å². The number of carbonyl (C=O) groups is 1. The topological polar surface area (TPSA) is 87.7 Å². The van der Waals surface area contributed by atoms with Crippen LogP contribution >= 0.6 is 0 Å². The Morgan fingerprint density at radius 3 is 2.35 bits per heavy atom. The van der Waals surface area contributed by atoms with Gasteiger partial charge in [0.25, 0.3) is 15.9 Å². The summed E-state index contributed by atoms with van der Waals surface area (Å²) in [7, 11) is -3.81. The normalized spacial score (nSPS) is 15.5. The number of benzene rings is 2. The minimum absolute atomic E-state index is 0.0521. The third-order valence-electron chi connectivity index (χ3n) is 5.62. The highest BCUT2D eigenvalue weighted by atomic mass is 32.2. The van der Waals surface area contributed by atoms with E-state index in [1.807, 2.05) is 19.1 Å². The van der Waals surface area contributed by atoms with Crippen LogP contribution in [-0.4, -0.2) is 57.6 Å². The zero-order valence-electron chi connectivity index (χ0n) is 18.6. The predicted molar refractivity (Wildman–Crippen MR) is 122 cm³/mol. The lowest BCUT2D eigenvalue weighted by atomic mass is 10.0. The highest BCUT2D eigenvalue weighted by molar-refractivity contribution is 7.92. The van der Waals surface area contributed by atoms with Gasteiger partial charge in [-0.25, -0.2) is 8.42 Å². The van der Waals surface area contributed by atoms with Crippen LogP contribution in [-0.2, 0) is 14.8 Å². The van der Waals surface area contributed by atoms with Gasteiger partial charge in [0.15, 0.2) is 0 Å². The standard InChI is InChI=1S/C23H31N3O4S/c1-17-5-8-19(9-6-17)25-31(28,29)20-10-7-18(2)21(15-20)22(27)24-16-23(3,4)26-11-13-30-14-12-26/h5-10,15,25H,11-14,16H2,1-4H3,(H,24,27). The first-order chi connectivity index (χ1) is 14.6.